The Bertz CT molecular complexity index is 623. The zero-order valence-electron chi connectivity index (χ0n) is 11.5. The number of hydrogen-bond acceptors (Lipinski definition) is 2. The number of hydrogen-bond donors (Lipinski definition) is 2. The first-order chi connectivity index (χ1) is 9.49. The highest BCUT2D eigenvalue weighted by atomic mass is 19.1. The number of carbonyl (C=O) groups is 1. The van der Waals surface area contributed by atoms with Crippen LogP contribution in [0.2, 0.25) is 0 Å². The normalized spacial score (nSPS) is 11.9. The molecule has 0 fully saturated rings. The van der Waals surface area contributed by atoms with Crippen molar-refractivity contribution in [2.75, 3.05) is 5.73 Å². The first kappa shape index (κ1) is 14.1. The predicted molar refractivity (Wildman–Crippen MR) is 77.9 cm³/mol. The fraction of sp³-hybridized carbons (Fsp3) is 0.188. The lowest BCUT2D eigenvalue weighted by atomic mass is 10.1. The first-order valence-electron chi connectivity index (χ1n) is 6.40. The van der Waals surface area contributed by atoms with E-state index >= 15 is 0 Å². The van der Waals surface area contributed by atoms with Gasteiger partial charge in [-0.15, -0.1) is 0 Å². The molecule has 1 amide bonds. The van der Waals surface area contributed by atoms with Crippen molar-refractivity contribution < 1.29 is 9.18 Å². The molecule has 4 heteroatoms. The van der Waals surface area contributed by atoms with Gasteiger partial charge in [0.15, 0.2) is 0 Å². The molecule has 1 unspecified atom stereocenters. The van der Waals surface area contributed by atoms with E-state index in [4.69, 9.17) is 5.73 Å². The van der Waals surface area contributed by atoms with Crippen LogP contribution < -0.4 is 11.1 Å². The number of nitrogens with one attached hydrogen (secondary N) is 1. The maximum absolute atomic E-state index is 13.3. The van der Waals surface area contributed by atoms with Crippen molar-refractivity contribution in [2.45, 2.75) is 19.9 Å². The zero-order chi connectivity index (χ0) is 14.7. The highest BCUT2D eigenvalue weighted by Crippen LogP contribution is 2.18. The van der Waals surface area contributed by atoms with Gasteiger partial charge in [-0.2, -0.15) is 0 Å². The third kappa shape index (κ3) is 2.96. The van der Waals surface area contributed by atoms with Gasteiger partial charge in [0.05, 0.1) is 17.3 Å². The Morgan fingerprint density at radius 2 is 1.85 bits per heavy atom. The van der Waals surface area contributed by atoms with Crippen LogP contribution in [0.25, 0.3) is 0 Å². The Morgan fingerprint density at radius 1 is 1.20 bits per heavy atom. The van der Waals surface area contributed by atoms with E-state index in [9.17, 15) is 9.18 Å². The van der Waals surface area contributed by atoms with E-state index in [1.54, 1.807) is 0 Å². The SMILES string of the molecule is Cc1ccc(C(C)NC(=O)c2cccc(F)c2N)cc1. The lowest BCUT2D eigenvalue weighted by molar-refractivity contribution is 0.0940. The molecule has 104 valence electrons. The van der Waals surface area contributed by atoms with Crippen molar-refractivity contribution in [1.82, 2.24) is 5.32 Å². The molecule has 2 rings (SSSR count). The van der Waals surface area contributed by atoms with Gasteiger partial charge in [0, 0.05) is 0 Å². The molecule has 0 saturated carbocycles. The molecule has 0 aliphatic rings. The zero-order valence-corrected chi connectivity index (χ0v) is 11.5. The average Bonchev–Trinajstić information content (AvgIpc) is 2.42. The van der Waals surface area contributed by atoms with Gasteiger partial charge < -0.3 is 11.1 Å². The van der Waals surface area contributed by atoms with Crippen LogP contribution in [0.4, 0.5) is 10.1 Å². The maximum atomic E-state index is 13.3. The molecule has 0 aliphatic heterocycles. The van der Waals surface area contributed by atoms with E-state index in [0.717, 1.165) is 11.1 Å². The number of benzene rings is 2. The molecular formula is C16H17FN2O. The predicted octanol–water partition coefficient (Wildman–Crippen LogP) is 3.21. The number of nitrogens with two attached hydrogens (primary N) is 1. The van der Waals surface area contributed by atoms with E-state index in [1.165, 1.54) is 18.2 Å². The second-order valence-corrected chi connectivity index (χ2v) is 4.81. The molecule has 0 spiro atoms. The largest absolute Gasteiger partial charge is 0.396 e. The molecule has 1 atom stereocenters. The quantitative estimate of drug-likeness (QED) is 0.843. The molecule has 0 aliphatic carbocycles. The fourth-order valence-electron chi connectivity index (χ4n) is 1.95. The minimum Gasteiger partial charge on any atom is -0.396 e. The van der Waals surface area contributed by atoms with Gasteiger partial charge in [0.2, 0.25) is 0 Å². The highest BCUT2D eigenvalue weighted by molar-refractivity contribution is 5.99. The third-order valence-electron chi connectivity index (χ3n) is 3.22. The summed E-state index contributed by atoms with van der Waals surface area (Å²) in [5.74, 6) is -0.962. The van der Waals surface area contributed by atoms with E-state index < -0.39 is 5.82 Å². The summed E-state index contributed by atoms with van der Waals surface area (Å²) in [6, 6.07) is 11.9. The summed E-state index contributed by atoms with van der Waals surface area (Å²) in [4.78, 5) is 12.1. The van der Waals surface area contributed by atoms with Crippen LogP contribution >= 0.6 is 0 Å². The second-order valence-electron chi connectivity index (χ2n) is 4.81. The summed E-state index contributed by atoms with van der Waals surface area (Å²) < 4.78 is 13.3. The van der Waals surface area contributed by atoms with Crippen molar-refractivity contribution >= 4 is 11.6 Å². The molecule has 0 bridgehead atoms. The van der Waals surface area contributed by atoms with Gasteiger partial charge in [-0.1, -0.05) is 35.9 Å². The Labute approximate surface area is 117 Å². The van der Waals surface area contributed by atoms with Crippen LogP contribution in [0.15, 0.2) is 42.5 Å². The molecule has 3 nitrogen and oxygen atoms in total. The molecule has 2 aromatic rings. The minimum absolute atomic E-state index is 0.124. The minimum atomic E-state index is -0.583. The number of amides is 1. The van der Waals surface area contributed by atoms with Crippen molar-refractivity contribution in [3.05, 3.63) is 65.0 Å². The van der Waals surface area contributed by atoms with Crippen LogP contribution in [-0.2, 0) is 0 Å². The van der Waals surface area contributed by atoms with E-state index in [-0.39, 0.29) is 23.2 Å². The molecule has 0 heterocycles. The van der Waals surface area contributed by atoms with Gasteiger partial charge in [0.1, 0.15) is 5.82 Å². The Hall–Kier alpha value is -2.36. The van der Waals surface area contributed by atoms with Crippen LogP contribution in [0, 0.1) is 12.7 Å². The Morgan fingerprint density at radius 3 is 2.50 bits per heavy atom. The summed E-state index contributed by atoms with van der Waals surface area (Å²) in [6.07, 6.45) is 0. The number of nitrogen functional groups attached to an aromatic ring is 1. The van der Waals surface area contributed by atoms with Crippen LogP contribution in [0.5, 0.6) is 0 Å². The summed E-state index contributed by atoms with van der Waals surface area (Å²) >= 11 is 0. The number of rotatable bonds is 3. The number of carbonyl (C=O) groups excluding carboxylic acids is 1. The van der Waals surface area contributed by atoms with Crippen molar-refractivity contribution in [3.8, 4) is 0 Å². The maximum Gasteiger partial charge on any atom is 0.253 e. The van der Waals surface area contributed by atoms with Crippen LogP contribution in [0.1, 0.15) is 34.5 Å². The van der Waals surface area contributed by atoms with E-state index in [2.05, 4.69) is 5.32 Å². The Balaban J connectivity index is 2.15. The lowest BCUT2D eigenvalue weighted by Gasteiger charge is -2.15. The molecule has 20 heavy (non-hydrogen) atoms. The van der Waals surface area contributed by atoms with Gasteiger partial charge in [-0.25, -0.2) is 4.39 Å². The topological polar surface area (TPSA) is 55.1 Å². The van der Waals surface area contributed by atoms with E-state index in [0.29, 0.717) is 0 Å². The Kier molecular flexibility index (Phi) is 4.03. The van der Waals surface area contributed by atoms with Gasteiger partial charge in [0.25, 0.3) is 5.91 Å². The van der Waals surface area contributed by atoms with Crippen molar-refractivity contribution in [2.24, 2.45) is 0 Å². The third-order valence-corrected chi connectivity index (χ3v) is 3.22. The van der Waals surface area contributed by atoms with Gasteiger partial charge >= 0.3 is 0 Å². The molecule has 0 radical (unpaired) electrons. The number of para-hydroxylation sites is 1. The molecule has 3 N–H and O–H groups in total. The van der Waals surface area contributed by atoms with Crippen molar-refractivity contribution in [3.63, 3.8) is 0 Å². The van der Waals surface area contributed by atoms with E-state index in [1.807, 2.05) is 38.1 Å². The standard InChI is InChI=1S/C16H17FN2O/c1-10-6-8-12(9-7-10)11(2)19-16(20)13-4-3-5-14(17)15(13)18/h3-9,11H,18H2,1-2H3,(H,19,20). The van der Waals surface area contributed by atoms with Crippen LogP contribution in [0.3, 0.4) is 0 Å². The van der Waals surface area contributed by atoms with Crippen LogP contribution in [-0.4, -0.2) is 5.91 Å². The van der Waals surface area contributed by atoms with Crippen molar-refractivity contribution in [1.29, 1.82) is 0 Å². The lowest BCUT2D eigenvalue weighted by Crippen LogP contribution is -2.27. The molecule has 2 aromatic carbocycles. The monoisotopic (exact) mass is 272 g/mol. The number of anilines is 1. The number of aryl methyl sites for hydroxylation is 1. The van der Waals surface area contributed by atoms with Gasteiger partial charge in [-0.05, 0) is 31.5 Å². The summed E-state index contributed by atoms with van der Waals surface area (Å²) in [5, 5.41) is 2.81. The molecular weight excluding hydrogens is 255 g/mol. The smallest absolute Gasteiger partial charge is 0.253 e. The molecule has 0 aromatic heterocycles. The van der Waals surface area contributed by atoms with Gasteiger partial charge in [-0.3, -0.25) is 4.79 Å². The second kappa shape index (κ2) is 5.74. The average molecular weight is 272 g/mol. The molecule has 0 saturated heterocycles. The highest BCUT2D eigenvalue weighted by Gasteiger charge is 2.15. The first-order valence-corrected chi connectivity index (χ1v) is 6.40. The number of halogens is 1. The summed E-state index contributed by atoms with van der Waals surface area (Å²) in [6.45, 7) is 3.87. The summed E-state index contributed by atoms with van der Waals surface area (Å²) in [7, 11) is 0. The fourth-order valence-corrected chi connectivity index (χ4v) is 1.95. The summed E-state index contributed by atoms with van der Waals surface area (Å²) in [5.41, 5.74) is 7.75.